The fraction of sp³-hybridized carbons (Fsp3) is 0.462. The van der Waals surface area contributed by atoms with Gasteiger partial charge < -0.3 is 10.2 Å². The van der Waals surface area contributed by atoms with Crippen LogP contribution < -0.4 is 0 Å². The Hall–Kier alpha value is -1.39. The zero-order valence-electron chi connectivity index (χ0n) is 10.3. The molecule has 1 unspecified atom stereocenters. The summed E-state index contributed by atoms with van der Waals surface area (Å²) < 4.78 is 0. The Balaban J connectivity index is 2.95. The van der Waals surface area contributed by atoms with Gasteiger partial charge in [-0.25, -0.2) is 4.79 Å². The second kappa shape index (κ2) is 6.37. The minimum atomic E-state index is -1.44. The van der Waals surface area contributed by atoms with Gasteiger partial charge in [0.05, 0.1) is 0 Å². The average molecular weight is 237 g/mol. The molecule has 0 saturated carbocycles. The van der Waals surface area contributed by atoms with Crippen LogP contribution in [0, 0.1) is 0 Å². The van der Waals surface area contributed by atoms with Crippen LogP contribution in [0.4, 0.5) is 0 Å². The van der Waals surface area contributed by atoms with E-state index in [1.807, 2.05) is 12.1 Å². The number of carbonyl (C=O) groups is 1. The van der Waals surface area contributed by atoms with Crippen molar-refractivity contribution in [1.82, 2.24) is 4.90 Å². The molecule has 0 spiro atoms. The van der Waals surface area contributed by atoms with E-state index in [-0.39, 0.29) is 0 Å². The summed E-state index contributed by atoms with van der Waals surface area (Å²) in [4.78, 5) is 13.0. The van der Waals surface area contributed by atoms with E-state index >= 15 is 0 Å². The molecule has 0 aliphatic rings. The zero-order valence-corrected chi connectivity index (χ0v) is 10.3. The summed E-state index contributed by atoms with van der Waals surface area (Å²) >= 11 is 0. The zero-order chi connectivity index (χ0) is 12.8. The smallest absolute Gasteiger partial charge is 0.337 e. The Morgan fingerprint density at radius 3 is 2.41 bits per heavy atom. The van der Waals surface area contributed by atoms with Crippen molar-refractivity contribution in [2.45, 2.75) is 26.5 Å². The van der Waals surface area contributed by atoms with Gasteiger partial charge in [-0.1, -0.05) is 38.1 Å². The van der Waals surface area contributed by atoms with Gasteiger partial charge in [0, 0.05) is 6.54 Å². The van der Waals surface area contributed by atoms with Gasteiger partial charge >= 0.3 is 5.97 Å². The first-order chi connectivity index (χ1) is 8.10. The van der Waals surface area contributed by atoms with Crippen molar-refractivity contribution in [2.75, 3.05) is 13.1 Å². The highest BCUT2D eigenvalue weighted by Gasteiger charge is 2.19. The topological polar surface area (TPSA) is 60.8 Å². The minimum Gasteiger partial charge on any atom is -0.479 e. The largest absolute Gasteiger partial charge is 0.479 e. The van der Waals surface area contributed by atoms with Crippen molar-refractivity contribution in [1.29, 1.82) is 0 Å². The molecule has 2 N–H and O–H groups in total. The highest BCUT2D eigenvalue weighted by molar-refractivity contribution is 5.74. The van der Waals surface area contributed by atoms with Gasteiger partial charge in [-0.05, 0) is 24.2 Å². The van der Waals surface area contributed by atoms with Crippen LogP contribution in [0.2, 0.25) is 0 Å². The van der Waals surface area contributed by atoms with Crippen LogP contribution in [0.15, 0.2) is 24.3 Å². The molecule has 0 saturated heterocycles. The van der Waals surface area contributed by atoms with Gasteiger partial charge in [0.25, 0.3) is 0 Å². The number of aliphatic hydroxyl groups excluding tert-OH is 1. The molecule has 4 nitrogen and oxygen atoms in total. The maximum atomic E-state index is 10.8. The number of aliphatic hydroxyl groups is 1. The van der Waals surface area contributed by atoms with Gasteiger partial charge in [-0.2, -0.15) is 0 Å². The lowest BCUT2D eigenvalue weighted by atomic mass is 10.0. The summed E-state index contributed by atoms with van der Waals surface area (Å²) in [5, 5.41) is 18.5. The molecule has 1 rings (SSSR count). The fourth-order valence-electron chi connectivity index (χ4n) is 1.77. The molecule has 94 valence electrons. The number of carboxylic acid groups (broad SMARTS) is 1. The second-order valence-electron chi connectivity index (χ2n) is 3.90. The first kappa shape index (κ1) is 13.7. The third-order valence-corrected chi connectivity index (χ3v) is 2.87. The lowest BCUT2D eigenvalue weighted by Gasteiger charge is -2.20. The summed E-state index contributed by atoms with van der Waals surface area (Å²) in [6.45, 7) is 6.56. The van der Waals surface area contributed by atoms with Crippen molar-refractivity contribution >= 4 is 5.97 Å². The molecular formula is C13H19NO3. The number of carboxylic acids is 1. The van der Waals surface area contributed by atoms with Crippen molar-refractivity contribution in [3.8, 4) is 0 Å². The van der Waals surface area contributed by atoms with Gasteiger partial charge in [0.15, 0.2) is 6.10 Å². The van der Waals surface area contributed by atoms with E-state index in [9.17, 15) is 9.90 Å². The number of aliphatic carboxylic acids is 1. The molecule has 4 heteroatoms. The molecule has 0 aromatic heterocycles. The summed E-state index contributed by atoms with van der Waals surface area (Å²) in [5.74, 6) is -1.21. The first-order valence-corrected chi connectivity index (χ1v) is 5.81. The lowest BCUT2D eigenvalue weighted by molar-refractivity contribution is -0.147. The van der Waals surface area contributed by atoms with E-state index < -0.39 is 12.1 Å². The van der Waals surface area contributed by atoms with Crippen molar-refractivity contribution < 1.29 is 15.0 Å². The number of hydrogen-bond donors (Lipinski definition) is 2. The van der Waals surface area contributed by atoms with Crippen LogP contribution in [-0.2, 0) is 11.3 Å². The van der Waals surface area contributed by atoms with Crippen LogP contribution in [0.5, 0.6) is 0 Å². The van der Waals surface area contributed by atoms with E-state index in [1.165, 1.54) is 0 Å². The third kappa shape index (κ3) is 3.54. The second-order valence-corrected chi connectivity index (χ2v) is 3.90. The van der Waals surface area contributed by atoms with Crippen molar-refractivity contribution in [2.24, 2.45) is 0 Å². The van der Waals surface area contributed by atoms with Crippen molar-refractivity contribution in [3.63, 3.8) is 0 Å². The summed E-state index contributed by atoms with van der Waals surface area (Å²) in [6.07, 6.45) is -1.44. The van der Waals surface area contributed by atoms with Crippen LogP contribution in [-0.4, -0.2) is 34.2 Å². The molecule has 1 aromatic rings. The molecule has 0 bridgehead atoms. The highest BCUT2D eigenvalue weighted by atomic mass is 16.4. The number of hydrogen-bond acceptors (Lipinski definition) is 3. The van der Waals surface area contributed by atoms with E-state index in [1.54, 1.807) is 12.1 Å². The predicted molar refractivity (Wildman–Crippen MR) is 65.7 cm³/mol. The molecule has 0 fully saturated rings. The summed E-state index contributed by atoms with van der Waals surface area (Å²) in [7, 11) is 0. The molecule has 0 amide bonds. The Labute approximate surface area is 101 Å². The molecular weight excluding hydrogens is 218 g/mol. The SMILES string of the molecule is CCN(CC)Cc1ccccc1C(O)C(=O)O. The first-order valence-electron chi connectivity index (χ1n) is 5.81. The molecule has 0 heterocycles. The maximum Gasteiger partial charge on any atom is 0.337 e. The molecule has 0 aliphatic carbocycles. The summed E-state index contributed by atoms with van der Waals surface area (Å²) in [5.41, 5.74) is 1.35. The Morgan fingerprint density at radius 2 is 1.88 bits per heavy atom. The van der Waals surface area contributed by atoms with Crippen molar-refractivity contribution in [3.05, 3.63) is 35.4 Å². The van der Waals surface area contributed by atoms with Crippen LogP contribution >= 0.6 is 0 Å². The Morgan fingerprint density at radius 1 is 1.29 bits per heavy atom. The van der Waals surface area contributed by atoms with Gasteiger partial charge in [-0.15, -0.1) is 0 Å². The number of benzene rings is 1. The van der Waals surface area contributed by atoms with E-state index in [0.29, 0.717) is 12.1 Å². The molecule has 1 atom stereocenters. The van der Waals surface area contributed by atoms with E-state index in [4.69, 9.17) is 5.11 Å². The summed E-state index contributed by atoms with van der Waals surface area (Å²) in [6, 6.07) is 7.13. The minimum absolute atomic E-state index is 0.479. The number of nitrogens with zero attached hydrogens (tertiary/aromatic N) is 1. The fourth-order valence-corrected chi connectivity index (χ4v) is 1.77. The molecule has 17 heavy (non-hydrogen) atoms. The predicted octanol–water partition coefficient (Wildman–Crippen LogP) is 1.65. The quantitative estimate of drug-likeness (QED) is 0.789. The third-order valence-electron chi connectivity index (χ3n) is 2.87. The van der Waals surface area contributed by atoms with Crippen LogP contribution in [0.1, 0.15) is 31.1 Å². The van der Waals surface area contributed by atoms with Crippen LogP contribution in [0.3, 0.4) is 0 Å². The number of rotatable bonds is 6. The van der Waals surface area contributed by atoms with E-state index in [0.717, 1.165) is 18.7 Å². The average Bonchev–Trinajstić information content (AvgIpc) is 2.35. The monoisotopic (exact) mass is 237 g/mol. The Bertz CT molecular complexity index is 375. The van der Waals surface area contributed by atoms with Gasteiger partial charge in [-0.3, -0.25) is 4.90 Å². The highest BCUT2D eigenvalue weighted by Crippen LogP contribution is 2.19. The van der Waals surface area contributed by atoms with Crippen LogP contribution in [0.25, 0.3) is 0 Å². The standard InChI is InChI=1S/C13H19NO3/c1-3-14(4-2)9-10-7-5-6-8-11(10)12(15)13(16)17/h5-8,12,15H,3-4,9H2,1-2H3,(H,16,17). The van der Waals surface area contributed by atoms with Gasteiger partial charge in [0.2, 0.25) is 0 Å². The van der Waals surface area contributed by atoms with E-state index in [2.05, 4.69) is 18.7 Å². The molecule has 1 aromatic carbocycles. The van der Waals surface area contributed by atoms with Gasteiger partial charge in [0.1, 0.15) is 0 Å². The molecule has 0 radical (unpaired) electrons. The Kier molecular flexibility index (Phi) is 5.12. The maximum absolute atomic E-state index is 10.8. The normalized spacial score (nSPS) is 12.7. The lowest BCUT2D eigenvalue weighted by Crippen LogP contribution is -2.24. The molecule has 0 aliphatic heterocycles.